The second kappa shape index (κ2) is 5.82. The molecule has 16 heavy (non-hydrogen) atoms. The number of hydrogen-bond acceptors (Lipinski definition) is 4. The molecule has 0 radical (unpaired) electrons. The lowest BCUT2D eigenvalue weighted by Crippen LogP contribution is -2.16. The molecule has 0 spiro atoms. The Morgan fingerprint density at radius 1 is 1.50 bits per heavy atom. The van der Waals surface area contributed by atoms with Crippen molar-refractivity contribution >= 4 is 11.3 Å². The van der Waals surface area contributed by atoms with Gasteiger partial charge in [0.2, 0.25) is 5.89 Å². The fourth-order valence-corrected chi connectivity index (χ4v) is 2.16. The van der Waals surface area contributed by atoms with E-state index in [1.165, 1.54) is 5.56 Å². The normalized spacial score (nSPS) is 10.8. The molecule has 0 atom stereocenters. The maximum atomic E-state index is 5.50. The summed E-state index contributed by atoms with van der Waals surface area (Å²) in [5.74, 6) is 1.73. The minimum Gasteiger partial charge on any atom is -0.444 e. The average Bonchev–Trinajstić information content (AvgIpc) is 2.95. The zero-order valence-electron chi connectivity index (χ0n) is 9.40. The Kier molecular flexibility index (Phi) is 4.13. The summed E-state index contributed by atoms with van der Waals surface area (Å²) in [6.07, 6.45) is 3.77. The monoisotopic (exact) mass is 236 g/mol. The smallest absolute Gasteiger partial charge is 0.208 e. The third-order valence-corrected chi connectivity index (χ3v) is 3.13. The third-order valence-electron chi connectivity index (χ3n) is 2.40. The molecule has 0 aliphatic carbocycles. The summed E-state index contributed by atoms with van der Waals surface area (Å²) in [4.78, 5) is 4.19. The maximum Gasteiger partial charge on any atom is 0.208 e. The van der Waals surface area contributed by atoms with Crippen molar-refractivity contribution in [3.63, 3.8) is 0 Å². The SMILES string of the molecule is CCc1cnc(CNCCc2ccsc2)o1. The first-order valence-electron chi connectivity index (χ1n) is 5.54. The van der Waals surface area contributed by atoms with Gasteiger partial charge in [-0.2, -0.15) is 11.3 Å². The zero-order valence-corrected chi connectivity index (χ0v) is 10.2. The summed E-state index contributed by atoms with van der Waals surface area (Å²) < 4.78 is 5.50. The highest BCUT2D eigenvalue weighted by molar-refractivity contribution is 7.07. The van der Waals surface area contributed by atoms with Crippen LogP contribution in [0.1, 0.15) is 24.1 Å². The van der Waals surface area contributed by atoms with Crippen molar-refractivity contribution in [1.29, 1.82) is 0 Å². The van der Waals surface area contributed by atoms with E-state index < -0.39 is 0 Å². The Bertz CT molecular complexity index is 408. The average molecular weight is 236 g/mol. The second-order valence-electron chi connectivity index (χ2n) is 3.63. The lowest BCUT2D eigenvalue weighted by Gasteiger charge is -2.00. The first kappa shape index (κ1) is 11.4. The van der Waals surface area contributed by atoms with Crippen molar-refractivity contribution in [3.05, 3.63) is 40.2 Å². The van der Waals surface area contributed by atoms with Gasteiger partial charge in [0.05, 0.1) is 12.7 Å². The van der Waals surface area contributed by atoms with Crippen LogP contribution >= 0.6 is 11.3 Å². The molecule has 2 aromatic heterocycles. The molecule has 0 bridgehead atoms. The van der Waals surface area contributed by atoms with Crippen LogP contribution in [0.4, 0.5) is 0 Å². The number of oxazole rings is 1. The zero-order chi connectivity index (χ0) is 11.2. The molecule has 86 valence electrons. The van der Waals surface area contributed by atoms with Gasteiger partial charge in [0, 0.05) is 6.42 Å². The fraction of sp³-hybridized carbons (Fsp3) is 0.417. The first-order chi connectivity index (χ1) is 7.88. The van der Waals surface area contributed by atoms with E-state index in [1.807, 2.05) is 0 Å². The number of aromatic nitrogens is 1. The van der Waals surface area contributed by atoms with Crippen LogP contribution in [0.5, 0.6) is 0 Å². The summed E-state index contributed by atoms with van der Waals surface area (Å²) >= 11 is 1.74. The van der Waals surface area contributed by atoms with Gasteiger partial charge < -0.3 is 9.73 Å². The Labute approximate surface area is 99.5 Å². The van der Waals surface area contributed by atoms with Crippen molar-refractivity contribution in [2.24, 2.45) is 0 Å². The molecule has 4 heteroatoms. The van der Waals surface area contributed by atoms with Gasteiger partial charge in [-0.3, -0.25) is 0 Å². The van der Waals surface area contributed by atoms with Crippen LogP contribution < -0.4 is 5.32 Å². The standard InChI is InChI=1S/C12H16N2OS/c1-2-11-7-14-12(15-11)8-13-5-3-10-4-6-16-9-10/h4,6-7,9,13H,2-3,5,8H2,1H3. The van der Waals surface area contributed by atoms with Crippen LogP contribution in [0.2, 0.25) is 0 Å². The molecule has 0 unspecified atom stereocenters. The number of thiophene rings is 1. The van der Waals surface area contributed by atoms with Gasteiger partial charge in [0.15, 0.2) is 0 Å². The molecule has 0 aliphatic rings. The molecule has 1 N–H and O–H groups in total. The Morgan fingerprint density at radius 2 is 2.44 bits per heavy atom. The molecule has 2 aromatic rings. The Morgan fingerprint density at radius 3 is 3.12 bits per heavy atom. The lowest BCUT2D eigenvalue weighted by atomic mass is 10.2. The highest BCUT2D eigenvalue weighted by atomic mass is 32.1. The highest BCUT2D eigenvalue weighted by Gasteiger charge is 2.01. The van der Waals surface area contributed by atoms with E-state index in [0.29, 0.717) is 6.54 Å². The summed E-state index contributed by atoms with van der Waals surface area (Å²) in [6, 6.07) is 2.16. The third kappa shape index (κ3) is 3.18. The van der Waals surface area contributed by atoms with E-state index >= 15 is 0 Å². The van der Waals surface area contributed by atoms with Crippen molar-refractivity contribution < 1.29 is 4.42 Å². The predicted octanol–water partition coefficient (Wildman–Crippen LogP) is 2.63. The van der Waals surface area contributed by atoms with E-state index in [1.54, 1.807) is 17.5 Å². The van der Waals surface area contributed by atoms with Gasteiger partial charge in [0.1, 0.15) is 5.76 Å². The van der Waals surface area contributed by atoms with Crippen LogP contribution in [-0.4, -0.2) is 11.5 Å². The summed E-state index contributed by atoms with van der Waals surface area (Å²) in [5.41, 5.74) is 1.39. The molecule has 0 aliphatic heterocycles. The van der Waals surface area contributed by atoms with Gasteiger partial charge in [-0.1, -0.05) is 6.92 Å². The molecule has 0 fully saturated rings. The van der Waals surface area contributed by atoms with Gasteiger partial charge >= 0.3 is 0 Å². The molecule has 2 rings (SSSR count). The van der Waals surface area contributed by atoms with Crippen molar-refractivity contribution in [3.8, 4) is 0 Å². The quantitative estimate of drug-likeness (QED) is 0.783. The van der Waals surface area contributed by atoms with E-state index in [-0.39, 0.29) is 0 Å². The van der Waals surface area contributed by atoms with Crippen molar-refractivity contribution in [2.45, 2.75) is 26.3 Å². The molecular formula is C12H16N2OS. The van der Waals surface area contributed by atoms with Crippen LogP contribution in [0.25, 0.3) is 0 Å². The largest absolute Gasteiger partial charge is 0.444 e. The highest BCUT2D eigenvalue weighted by Crippen LogP contribution is 2.06. The van der Waals surface area contributed by atoms with Crippen LogP contribution in [0, 0.1) is 0 Å². The van der Waals surface area contributed by atoms with Crippen LogP contribution in [-0.2, 0) is 19.4 Å². The summed E-state index contributed by atoms with van der Waals surface area (Å²) in [6.45, 7) is 3.74. The van der Waals surface area contributed by atoms with E-state index in [4.69, 9.17) is 4.42 Å². The van der Waals surface area contributed by atoms with Crippen molar-refractivity contribution in [1.82, 2.24) is 10.3 Å². The van der Waals surface area contributed by atoms with Gasteiger partial charge in [-0.15, -0.1) is 0 Å². The van der Waals surface area contributed by atoms with Crippen LogP contribution in [0.3, 0.4) is 0 Å². The number of rotatable bonds is 6. The fourth-order valence-electron chi connectivity index (χ4n) is 1.46. The number of nitrogens with zero attached hydrogens (tertiary/aromatic N) is 1. The van der Waals surface area contributed by atoms with E-state index in [2.05, 4.69) is 34.1 Å². The number of nitrogens with one attached hydrogen (secondary N) is 1. The topological polar surface area (TPSA) is 38.1 Å². The minimum absolute atomic E-state index is 0.712. The van der Waals surface area contributed by atoms with Crippen LogP contribution in [0.15, 0.2) is 27.4 Å². The Hall–Kier alpha value is -1.13. The summed E-state index contributed by atoms with van der Waals surface area (Å²) in [7, 11) is 0. The number of aryl methyl sites for hydroxylation is 1. The molecule has 0 amide bonds. The maximum absolute atomic E-state index is 5.50. The molecule has 0 saturated heterocycles. The molecule has 2 heterocycles. The predicted molar refractivity (Wildman–Crippen MR) is 65.6 cm³/mol. The van der Waals surface area contributed by atoms with E-state index in [0.717, 1.165) is 31.0 Å². The molecule has 0 aromatic carbocycles. The minimum atomic E-state index is 0.712. The molecule has 3 nitrogen and oxygen atoms in total. The van der Waals surface area contributed by atoms with Gasteiger partial charge in [0.25, 0.3) is 0 Å². The Balaban J connectivity index is 1.68. The lowest BCUT2D eigenvalue weighted by molar-refractivity contribution is 0.440. The molecule has 0 saturated carbocycles. The first-order valence-corrected chi connectivity index (χ1v) is 6.48. The molecular weight excluding hydrogens is 220 g/mol. The number of hydrogen-bond donors (Lipinski definition) is 1. The van der Waals surface area contributed by atoms with Crippen molar-refractivity contribution in [2.75, 3.05) is 6.54 Å². The van der Waals surface area contributed by atoms with Gasteiger partial charge in [-0.05, 0) is 35.4 Å². The van der Waals surface area contributed by atoms with Gasteiger partial charge in [-0.25, -0.2) is 4.98 Å². The summed E-state index contributed by atoms with van der Waals surface area (Å²) in [5, 5.41) is 7.62. The second-order valence-corrected chi connectivity index (χ2v) is 4.41. The van der Waals surface area contributed by atoms with E-state index in [9.17, 15) is 0 Å².